The lowest BCUT2D eigenvalue weighted by Gasteiger charge is -2.36. The van der Waals surface area contributed by atoms with E-state index in [1.165, 1.54) is 0 Å². The third-order valence-corrected chi connectivity index (χ3v) is 2.48. The quantitative estimate of drug-likeness (QED) is 0.777. The molecule has 0 spiro atoms. The molecule has 0 radical (unpaired) electrons. The Labute approximate surface area is 95.0 Å². The van der Waals surface area contributed by atoms with Gasteiger partial charge in [-0.15, -0.1) is 0 Å². The van der Waals surface area contributed by atoms with Gasteiger partial charge in [-0.2, -0.15) is 0 Å². The van der Waals surface area contributed by atoms with Gasteiger partial charge in [-0.1, -0.05) is 0 Å². The fraction of sp³-hybridized carbons (Fsp3) is 0.417. The molecule has 1 aromatic rings. The summed E-state index contributed by atoms with van der Waals surface area (Å²) in [7, 11) is 0. The molecule has 1 unspecified atom stereocenters. The second-order valence-corrected chi connectivity index (χ2v) is 4.22. The van der Waals surface area contributed by atoms with E-state index in [1.54, 1.807) is 4.90 Å². The van der Waals surface area contributed by atoms with Crippen LogP contribution in [0.15, 0.2) is 24.3 Å². The van der Waals surface area contributed by atoms with Crippen LogP contribution < -0.4 is 15.4 Å². The van der Waals surface area contributed by atoms with Gasteiger partial charge in [0.05, 0.1) is 12.6 Å². The van der Waals surface area contributed by atoms with Crippen LogP contribution in [0.1, 0.15) is 13.8 Å². The SMILES string of the molecule is CC(C)Oc1ccc(N2CC(N)C2=O)cc1. The maximum Gasteiger partial charge on any atom is 0.245 e. The molecule has 0 bridgehead atoms. The predicted octanol–water partition coefficient (Wildman–Crippen LogP) is 1.15. The molecule has 4 heteroatoms. The number of anilines is 1. The van der Waals surface area contributed by atoms with Gasteiger partial charge in [0.15, 0.2) is 0 Å². The van der Waals surface area contributed by atoms with Crippen molar-refractivity contribution >= 4 is 11.6 Å². The number of benzene rings is 1. The minimum absolute atomic E-state index is 0.0162. The topological polar surface area (TPSA) is 55.6 Å². The largest absolute Gasteiger partial charge is 0.491 e. The Kier molecular flexibility index (Phi) is 2.83. The molecule has 2 rings (SSSR count). The third kappa shape index (κ3) is 2.02. The van der Waals surface area contributed by atoms with Crippen LogP contribution in [0, 0.1) is 0 Å². The van der Waals surface area contributed by atoms with E-state index >= 15 is 0 Å². The molecule has 1 aromatic carbocycles. The number of hydrogen-bond acceptors (Lipinski definition) is 3. The Morgan fingerprint density at radius 2 is 2.00 bits per heavy atom. The van der Waals surface area contributed by atoms with Gasteiger partial charge in [0.1, 0.15) is 11.8 Å². The number of carbonyl (C=O) groups is 1. The molecular weight excluding hydrogens is 204 g/mol. The smallest absolute Gasteiger partial charge is 0.245 e. The maximum atomic E-state index is 11.4. The molecule has 4 nitrogen and oxygen atoms in total. The van der Waals surface area contributed by atoms with E-state index < -0.39 is 0 Å². The molecule has 1 heterocycles. The Balaban J connectivity index is 2.05. The van der Waals surface area contributed by atoms with Crippen LogP contribution in [0.5, 0.6) is 5.75 Å². The van der Waals surface area contributed by atoms with Crippen LogP contribution in [-0.4, -0.2) is 24.6 Å². The molecule has 1 atom stereocenters. The molecule has 1 aliphatic heterocycles. The molecule has 1 fully saturated rings. The summed E-state index contributed by atoms with van der Waals surface area (Å²) >= 11 is 0. The standard InChI is InChI=1S/C12H16N2O2/c1-8(2)16-10-5-3-9(4-6-10)14-7-11(13)12(14)15/h3-6,8,11H,7,13H2,1-2H3. The number of ether oxygens (including phenoxy) is 1. The Bertz CT molecular complexity index is 387. The normalized spacial score (nSPS) is 19.9. The first-order valence-electron chi connectivity index (χ1n) is 5.41. The molecule has 0 aromatic heterocycles. The zero-order valence-electron chi connectivity index (χ0n) is 9.51. The van der Waals surface area contributed by atoms with Gasteiger partial charge in [0, 0.05) is 5.69 Å². The summed E-state index contributed by atoms with van der Waals surface area (Å²) in [6, 6.07) is 7.16. The summed E-state index contributed by atoms with van der Waals surface area (Å²) in [5, 5.41) is 0. The zero-order chi connectivity index (χ0) is 11.7. The highest BCUT2D eigenvalue weighted by molar-refractivity contribution is 6.03. The monoisotopic (exact) mass is 220 g/mol. The van der Waals surface area contributed by atoms with E-state index in [4.69, 9.17) is 10.5 Å². The molecule has 1 aliphatic rings. The average Bonchev–Trinajstić information content (AvgIpc) is 2.26. The van der Waals surface area contributed by atoms with E-state index in [2.05, 4.69) is 0 Å². The number of hydrogen-bond donors (Lipinski definition) is 1. The van der Waals surface area contributed by atoms with Gasteiger partial charge in [0.25, 0.3) is 0 Å². The molecule has 0 aliphatic carbocycles. The van der Waals surface area contributed by atoms with Crippen molar-refractivity contribution in [1.82, 2.24) is 0 Å². The van der Waals surface area contributed by atoms with Crippen molar-refractivity contribution in [2.24, 2.45) is 5.73 Å². The molecule has 0 saturated carbocycles. The summed E-state index contributed by atoms with van der Waals surface area (Å²) in [5.41, 5.74) is 6.41. The van der Waals surface area contributed by atoms with E-state index in [0.717, 1.165) is 11.4 Å². The van der Waals surface area contributed by atoms with Crippen LogP contribution in [0.4, 0.5) is 5.69 Å². The Hall–Kier alpha value is -1.55. The lowest BCUT2D eigenvalue weighted by Crippen LogP contribution is -2.61. The van der Waals surface area contributed by atoms with Crippen LogP contribution in [0.25, 0.3) is 0 Å². The highest BCUT2D eigenvalue weighted by atomic mass is 16.5. The molecule has 16 heavy (non-hydrogen) atoms. The summed E-state index contributed by atoms with van der Waals surface area (Å²) in [6.07, 6.45) is 0.157. The first-order valence-corrected chi connectivity index (χ1v) is 5.41. The second kappa shape index (κ2) is 4.14. The molecular formula is C12H16N2O2. The van der Waals surface area contributed by atoms with E-state index in [1.807, 2.05) is 38.1 Å². The fourth-order valence-corrected chi connectivity index (χ4v) is 1.66. The van der Waals surface area contributed by atoms with Gasteiger partial charge in [-0.3, -0.25) is 4.79 Å². The molecule has 1 saturated heterocycles. The van der Waals surface area contributed by atoms with Crippen molar-refractivity contribution in [2.45, 2.75) is 26.0 Å². The third-order valence-electron chi connectivity index (χ3n) is 2.48. The van der Waals surface area contributed by atoms with Crippen LogP contribution >= 0.6 is 0 Å². The minimum atomic E-state index is -0.327. The lowest BCUT2D eigenvalue weighted by atomic mass is 10.1. The number of nitrogens with two attached hydrogens (primary N) is 1. The van der Waals surface area contributed by atoms with Gasteiger partial charge < -0.3 is 15.4 Å². The summed E-state index contributed by atoms with van der Waals surface area (Å²) in [6.45, 7) is 4.56. The van der Waals surface area contributed by atoms with E-state index in [-0.39, 0.29) is 18.1 Å². The summed E-state index contributed by atoms with van der Waals surface area (Å²) < 4.78 is 5.52. The van der Waals surface area contributed by atoms with Crippen LogP contribution in [-0.2, 0) is 4.79 Å². The van der Waals surface area contributed by atoms with Crippen LogP contribution in [0.2, 0.25) is 0 Å². The zero-order valence-corrected chi connectivity index (χ0v) is 9.51. The number of amides is 1. The number of β-lactam (4-membered cyclic amide) rings is 1. The molecule has 1 amide bonds. The van der Waals surface area contributed by atoms with Crippen molar-refractivity contribution < 1.29 is 9.53 Å². The van der Waals surface area contributed by atoms with Crippen molar-refractivity contribution in [1.29, 1.82) is 0 Å². The minimum Gasteiger partial charge on any atom is -0.491 e. The number of carbonyl (C=O) groups excluding carboxylic acids is 1. The van der Waals surface area contributed by atoms with Crippen molar-refractivity contribution in [3.05, 3.63) is 24.3 Å². The number of nitrogens with zero attached hydrogens (tertiary/aromatic N) is 1. The Morgan fingerprint density at radius 1 is 1.38 bits per heavy atom. The summed E-state index contributed by atoms with van der Waals surface area (Å²) in [5.74, 6) is 0.800. The molecule has 2 N–H and O–H groups in total. The summed E-state index contributed by atoms with van der Waals surface area (Å²) in [4.78, 5) is 13.1. The second-order valence-electron chi connectivity index (χ2n) is 4.22. The van der Waals surface area contributed by atoms with Crippen molar-refractivity contribution in [2.75, 3.05) is 11.4 Å². The highest BCUT2D eigenvalue weighted by Gasteiger charge is 2.34. The van der Waals surface area contributed by atoms with Crippen molar-refractivity contribution in [3.63, 3.8) is 0 Å². The van der Waals surface area contributed by atoms with Crippen LogP contribution in [0.3, 0.4) is 0 Å². The van der Waals surface area contributed by atoms with E-state index in [9.17, 15) is 4.79 Å². The first kappa shape index (κ1) is 11.0. The lowest BCUT2D eigenvalue weighted by molar-refractivity contribution is -0.123. The first-order chi connectivity index (χ1) is 7.58. The van der Waals surface area contributed by atoms with Gasteiger partial charge >= 0.3 is 0 Å². The number of rotatable bonds is 3. The highest BCUT2D eigenvalue weighted by Crippen LogP contribution is 2.24. The van der Waals surface area contributed by atoms with Crippen molar-refractivity contribution in [3.8, 4) is 5.75 Å². The average molecular weight is 220 g/mol. The van der Waals surface area contributed by atoms with Gasteiger partial charge in [-0.05, 0) is 38.1 Å². The maximum absolute atomic E-state index is 11.4. The Morgan fingerprint density at radius 3 is 2.44 bits per heavy atom. The van der Waals surface area contributed by atoms with Gasteiger partial charge in [-0.25, -0.2) is 0 Å². The van der Waals surface area contributed by atoms with Gasteiger partial charge in [0.2, 0.25) is 5.91 Å². The fourth-order valence-electron chi connectivity index (χ4n) is 1.66. The molecule has 86 valence electrons. The van der Waals surface area contributed by atoms with E-state index in [0.29, 0.717) is 6.54 Å². The predicted molar refractivity (Wildman–Crippen MR) is 62.5 cm³/mol.